The maximum Gasteiger partial charge on any atom is 0.242 e. The second kappa shape index (κ2) is 10.8. The van der Waals surface area contributed by atoms with E-state index in [9.17, 15) is 9.59 Å². The van der Waals surface area contributed by atoms with Crippen LogP contribution >= 0.6 is 11.8 Å². The zero-order chi connectivity index (χ0) is 19.6. The summed E-state index contributed by atoms with van der Waals surface area (Å²) in [5.74, 6) is 0.518. The average Bonchev–Trinajstić information content (AvgIpc) is 2.69. The molecule has 0 aromatic heterocycles. The van der Waals surface area contributed by atoms with Crippen molar-refractivity contribution in [1.82, 2.24) is 10.2 Å². The number of carbonyl (C=O) groups is 2. The van der Waals surface area contributed by atoms with Crippen LogP contribution in [0, 0.1) is 5.92 Å². The molecule has 0 aliphatic heterocycles. The van der Waals surface area contributed by atoms with Gasteiger partial charge in [-0.25, -0.2) is 0 Å². The highest BCUT2D eigenvalue weighted by molar-refractivity contribution is 8.00. The Labute approximate surface area is 166 Å². The summed E-state index contributed by atoms with van der Waals surface area (Å²) in [5, 5.41) is 2.94. The normalized spacial score (nSPS) is 11.9. The van der Waals surface area contributed by atoms with Crippen molar-refractivity contribution in [3.63, 3.8) is 0 Å². The first-order valence-electron chi connectivity index (χ1n) is 9.26. The lowest BCUT2D eigenvalue weighted by molar-refractivity contribution is -0.138. The third kappa shape index (κ3) is 7.10. The van der Waals surface area contributed by atoms with Gasteiger partial charge in [-0.15, -0.1) is 11.8 Å². The Kier molecular flexibility index (Phi) is 8.40. The molecule has 1 N–H and O–H groups in total. The summed E-state index contributed by atoms with van der Waals surface area (Å²) in [4.78, 5) is 28.2. The number of hydrogen-bond acceptors (Lipinski definition) is 3. The number of rotatable bonds is 9. The molecular formula is C22H28N2O2S. The van der Waals surface area contributed by atoms with E-state index in [-0.39, 0.29) is 11.8 Å². The van der Waals surface area contributed by atoms with Crippen LogP contribution < -0.4 is 5.32 Å². The highest BCUT2D eigenvalue weighted by Crippen LogP contribution is 2.19. The minimum Gasteiger partial charge on any atom is -0.354 e. The molecule has 4 nitrogen and oxygen atoms in total. The molecule has 2 amide bonds. The number of hydrogen-bond donors (Lipinski definition) is 1. The van der Waals surface area contributed by atoms with Crippen LogP contribution in [0.3, 0.4) is 0 Å². The van der Waals surface area contributed by atoms with Crippen molar-refractivity contribution >= 4 is 23.6 Å². The van der Waals surface area contributed by atoms with Crippen LogP contribution in [-0.4, -0.2) is 35.1 Å². The number of carbonyl (C=O) groups excluding carboxylic acids is 2. The standard InChI is InChI=1S/C22H28N2O2S/c1-17(2)14-23-22(26)18(3)24(15-19-10-6-4-7-11-19)21(25)16-27-20-12-8-5-9-13-20/h4-13,17-18H,14-16H2,1-3H3,(H,23,26). The van der Waals surface area contributed by atoms with Gasteiger partial charge in [0.15, 0.2) is 0 Å². The predicted molar refractivity (Wildman–Crippen MR) is 111 cm³/mol. The van der Waals surface area contributed by atoms with E-state index in [0.29, 0.717) is 24.8 Å². The molecule has 1 atom stereocenters. The van der Waals surface area contributed by atoms with Crippen molar-refractivity contribution in [2.24, 2.45) is 5.92 Å². The first-order valence-corrected chi connectivity index (χ1v) is 10.2. The number of nitrogens with zero attached hydrogens (tertiary/aromatic N) is 1. The van der Waals surface area contributed by atoms with Crippen molar-refractivity contribution in [1.29, 1.82) is 0 Å². The maximum absolute atomic E-state index is 12.9. The summed E-state index contributed by atoms with van der Waals surface area (Å²) in [5.41, 5.74) is 1.01. The Balaban J connectivity index is 2.07. The molecular weight excluding hydrogens is 356 g/mol. The molecule has 0 spiro atoms. The van der Waals surface area contributed by atoms with E-state index in [0.717, 1.165) is 10.5 Å². The van der Waals surface area contributed by atoms with E-state index in [1.165, 1.54) is 11.8 Å². The Morgan fingerprint density at radius 1 is 0.963 bits per heavy atom. The molecule has 5 heteroatoms. The molecule has 0 saturated heterocycles. The van der Waals surface area contributed by atoms with Gasteiger partial charge in [-0.1, -0.05) is 62.4 Å². The van der Waals surface area contributed by atoms with E-state index in [1.54, 1.807) is 11.8 Å². The number of benzene rings is 2. The summed E-state index contributed by atoms with van der Waals surface area (Å²) in [7, 11) is 0. The van der Waals surface area contributed by atoms with Crippen LogP contribution in [0.2, 0.25) is 0 Å². The quantitative estimate of drug-likeness (QED) is 0.666. The SMILES string of the molecule is CC(C)CNC(=O)C(C)N(Cc1ccccc1)C(=O)CSc1ccccc1. The molecule has 0 aliphatic rings. The fourth-order valence-corrected chi connectivity index (χ4v) is 3.37. The van der Waals surface area contributed by atoms with Crippen LogP contribution in [0.1, 0.15) is 26.3 Å². The zero-order valence-corrected chi connectivity index (χ0v) is 17.0. The van der Waals surface area contributed by atoms with Crippen LogP contribution in [0.25, 0.3) is 0 Å². The molecule has 2 rings (SSSR count). The Bertz CT molecular complexity index is 720. The molecule has 1 unspecified atom stereocenters. The lowest BCUT2D eigenvalue weighted by atomic mass is 10.1. The molecule has 0 radical (unpaired) electrons. The third-order valence-corrected chi connectivity index (χ3v) is 5.15. The lowest BCUT2D eigenvalue weighted by Crippen LogP contribution is -2.48. The largest absolute Gasteiger partial charge is 0.354 e. The Morgan fingerprint density at radius 3 is 2.15 bits per heavy atom. The van der Waals surface area contributed by atoms with Crippen molar-refractivity contribution in [3.05, 3.63) is 66.2 Å². The number of nitrogens with one attached hydrogen (secondary N) is 1. The molecule has 0 aliphatic carbocycles. The first-order chi connectivity index (χ1) is 13.0. The van der Waals surface area contributed by atoms with Gasteiger partial charge in [-0.2, -0.15) is 0 Å². The smallest absolute Gasteiger partial charge is 0.242 e. The Morgan fingerprint density at radius 2 is 1.56 bits per heavy atom. The second-order valence-corrected chi connectivity index (χ2v) is 7.97. The zero-order valence-electron chi connectivity index (χ0n) is 16.2. The molecule has 27 heavy (non-hydrogen) atoms. The summed E-state index contributed by atoms with van der Waals surface area (Å²) < 4.78 is 0. The summed E-state index contributed by atoms with van der Waals surface area (Å²) in [6.45, 7) is 6.92. The summed E-state index contributed by atoms with van der Waals surface area (Å²) in [6.07, 6.45) is 0. The topological polar surface area (TPSA) is 49.4 Å². The van der Waals surface area contributed by atoms with E-state index in [4.69, 9.17) is 0 Å². The fourth-order valence-electron chi connectivity index (χ4n) is 2.56. The summed E-state index contributed by atoms with van der Waals surface area (Å²) in [6, 6.07) is 19.1. The number of amides is 2. The minimum absolute atomic E-state index is 0.0418. The predicted octanol–water partition coefficient (Wildman–Crippen LogP) is 3.97. The van der Waals surface area contributed by atoms with E-state index in [2.05, 4.69) is 5.32 Å². The molecule has 0 heterocycles. The van der Waals surface area contributed by atoms with Gasteiger partial charge in [0.25, 0.3) is 0 Å². The molecule has 2 aromatic rings. The van der Waals surface area contributed by atoms with Crippen molar-refractivity contribution in [2.75, 3.05) is 12.3 Å². The lowest BCUT2D eigenvalue weighted by Gasteiger charge is -2.29. The van der Waals surface area contributed by atoms with E-state index in [1.807, 2.05) is 74.5 Å². The van der Waals surface area contributed by atoms with Crippen LogP contribution in [0.15, 0.2) is 65.6 Å². The average molecular weight is 385 g/mol. The molecule has 0 fully saturated rings. The van der Waals surface area contributed by atoms with Gasteiger partial charge in [0.2, 0.25) is 11.8 Å². The Hall–Kier alpha value is -2.27. The third-order valence-electron chi connectivity index (χ3n) is 4.15. The van der Waals surface area contributed by atoms with Crippen LogP contribution in [0.5, 0.6) is 0 Å². The van der Waals surface area contributed by atoms with E-state index < -0.39 is 6.04 Å². The van der Waals surface area contributed by atoms with Gasteiger partial charge in [-0.05, 0) is 30.5 Å². The van der Waals surface area contributed by atoms with Gasteiger partial charge in [0.1, 0.15) is 6.04 Å². The first kappa shape index (κ1) is 21.0. The van der Waals surface area contributed by atoms with Crippen LogP contribution in [0.4, 0.5) is 0 Å². The highest BCUT2D eigenvalue weighted by atomic mass is 32.2. The fraction of sp³-hybridized carbons (Fsp3) is 0.364. The molecule has 0 bridgehead atoms. The second-order valence-electron chi connectivity index (χ2n) is 6.92. The molecule has 2 aromatic carbocycles. The molecule has 0 saturated carbocycles. The maximum atomic E-state index is 12.9. The van der Waals surface area contributed by atoms with Gasteiger partial charge >= 0.3 is 0 Å². The minimum atomic E-state index is -0.521. The van der Waals surface area contributed by atoms with Gasteiger partial charge in [0.05, 0.1) is 5.75 Å². The molecule has 144 valence electrons. The van der Waals surface area contributed by atoms with Gasteiger partial charge in [0, 0.05) is 18.0 Å². The van der Waals surface area contributed by atoms with Crippen molar-refractivity contribution in [3.8, 4) is 0 Å². The highest BCUT2D eigenvalue weighted by Gasteiger charge is 2.26. The number of thioether (sulfide) groups is 1. The summed E-state index contributed by atoms with van der Waals surface area (Å²) >= 11 is 1.49. The van der Waals surface area contributed by atoms with E-state index >= 15 is 0 Å². The van der Waals surface area contributed by atoms with Gasteiger partial charge < -0.3 is 10.2 Å². The monoisotopic (exact) mass is 384 g/mol. The van der Waals surface area contributed by atoms with Crippen molar-refractivity contribution in [2.45, 2.75) is 38.3 Å². The van der Waals surface area contributed by atoms with Gasteiger partial charge in [-0.3, -0.25) is 9.59 Å². The van der Waals surface area contributed by atoms with Crippen molar-refractivity contribution < 1.29 is 9.59 Å². The van der Waals surface area contributed by atoms with Crippen LogP contribution in [-0.2, 0) is 16.1 Å².